The Hall–Kier alpha value is -3.08. The van der Waals surface area contributed by atoms with Gasteiger partial charge in [-0.25, -0.2) is 0 Å². The summed E-state index contributed by atoms with van der Waals surface area (Å²) in [5.74, 6) is -1.80. The summed E-state index contributed by atoms with van der Waals surface area (Å²) in [5, 5.41) is 13.4. The molecule has 0 fully saturated rings. The molecule has 0 saturated heterocycles. The van der Waals surface area contributed by atoms with Crippen LogP contribution in [-0.2, 0) is 16.0 Å². The highest BCUT2D eigenvalue weighted by atomic mass is 16.4. The molecule has 0 saturated carbocycles. The molecular weight excluding hydrogens is 340 g/mol. The van der Waals surface area contributed by atoms with Crippen LogP contribution in [0.2, 0.25) is 0 Å². The van der Waals surface area contributed by atoms with Crippen molar-refractivity contribution in [3.8, 4) is 0 Å². The Morgan fingerprint density at radius 1 is 1.15 bits per heavy atom. The lowest BCUT2D eigenvalue weighted by molar-refractivity contribution is -0.142. The van der Waals surface area contributed by atoms with Crippen LogP contribution in [0.4, 0.5) is 0 Å². The first-order valence-electron chi connectivity index (χ1n) is 9.09. The fourth-order valence-electron chi connectivity index (χ4n) is 3.29. The largest absolute Gasteiger partial charge is 0.481 e. The van der Waals surface area contributed by atoms with Crippen molar-refractivity contribution in [2.24, 2.45) is 5.92 Å². The van der Waals surface area contributed by atoms with E-state index in [9.17, 15) is 14.7 Å². The second kappa shape index (κ2) is 8.08. The number of aromatic nitrogens is 1. The molecule has 140 valence electrons. The number of aliphatic carboxylic acids is 1. The molecule has 0 aliphatic heterocycles. The van der Waals surface area contributed by atoms with Gasteiger partial charge in [0.1, 0.15) is 0 Å². The monoisotopic (exact) mass is 364 g/mol. The van der Waals surface area contributed by atoms with Gasteiger partial charge in [-0.15, -0.1) is 0 Å². The molecule has 0 radical (unpaired) electrons. The molecule has 2 aromatic carbocycles. The zero-order valence-electron chi connectivity index (χ0n) is 15.5. The fraction of sp³-hybridized carbons (Fsp3) is 0.273. The normalized spacial score (nSPS) is 13.3. The Morgan fingerprint density at radius 3 is 2.59 bits per heavy atom. The number of hydrogen-bond acceptors (Lipinski definition) is 2. The fourth-order valence-corrected chi connectivity index (χ4v) is 3.29. The van der Waals surface area contributed by atoms with Gasteiger partial charge in [-0.3, -0.25) is 9.59 Å². The molecule has 5 heteroatoms. The number of aromatic amines is 1. The van der Waals surface area contributed by atoms with E-state index in [-0.39, 0.29) is 5.91 Å². The maximum atomic E-state index is 12.5. The van der Waals surface area contributed by atoms with Crippen molar-refractivity contribution in [2.75, 3.05) is 0 Å². The summed E-state index contributed by atoms with van der Waals surface area (Å²) in [4.78, 5) is 27.2. The smallest absolute Gasteiger partial charge is 0.308 e. The van der Waals surface area contributed by atoms with Gasteiger partial charge >= 0.3 is 5.97 Å². The molecule has 2 atom stereocenters. The van der Waals surface area contributed by atoms with E-state index in [0.29, 0.717) is 12.8 Å². The van der Waals surface area contributed by atoms with E-state index in [1.54, 1.807) is 6.92 Å². The van der Waals surface area contributed by atoms with Crippen LogP contribution in [0.15, 0.2) is 54.7 Å². The average Bonchev–Trinajstić information content (AvgIpc) is 3.06. The third-order valence-electron chi connectivity index (χ3n) is 4.91. The SMILES string of the molecule is Cc1ccc2[nH]cc(CCC(=O)NC(c3ccccc3)C(C)C(=O)O)c2c1. The molecule has 27 heavy (non-hydrogen) atoms. The average molecular weight is 364 g/mol. The summed E-state index contributed by atoms with van der Waals surface area (Å²) in [5.41, 5.74) is 4.11. The highest BCUT2D eigenvalue weighted by Gasteiger charge is 2.26. The quantitative estimate of drug-likeness (QED) is 0.593. The van der Waals surface area contributed by atoms with E-state index >= 15 is 0 Å². The van der Waals surface area contributed by atoms with E-state index in [1.807, 2.05) is 55.6 Å². The van der Waals surface area contributed by atoms with Crippen LogP contribution in [0.25, 0.3) is 10.9 Å². The van der Waals surface area contributed by atoms with Gasteiger partial charge in [0.25, 0.3) is 0 Å². The van der Waals surface area contributed by atoms with Crippen LogP contribution in [0.1, 0.15) is 36.1 Å². The molecule has 3 aromatic rings. The minimum atomic E-state index is -0.934. The van der Waals surface area contributed by atoms with E-state index in [4.69, 9.17) is 0 Å². The maximum absolute atomic E-state index is 12.5. The van der Waals surface area contributed by atoms with Gasteiger partial charge < -0.3 is 15.4 Å². The van der Waals surface area contributed by atoms with Crippen molar-refractivity contribution in [1.29, 1.82) is 0 Å². The molecule has 3 N–H and O–H groups in total. The molecule has 1 heterocycles. The lowest BCUT2D eigenvalue weighted by Crippen LogP contribution is -2.35. The summed E-state index contributed by atoms with van der Waals surface area (Å²) in [6.07, 6.45) is 2.83. The molecule has 0 spiro atoms. The molecule has 1 aromatic heterocycles. The van der Waals surface area contributed by atoms with Crippen molar-refractivity contribution in [3.05, 3.63) is 71.4 Å². The van der Waals surface area contributed by atoms with Crippen molar-refractivity contribution < 1.29 is 14.7 Å². The Morgan fingerprint density at radius 2 is 1.89 bits per heavy atom. The topological polar surface area (TPSA) is 82.2 Å². The number of H-pyrrole nitrogens is 1. The van der Waals surface area contributed by atoms with Gasteiger partial charge in [0.05, 0.1) is 12.0 Å². The third-order valence-corrected chi connectivity index (χ3v) is 4.91. The van der Waals surface area contributed by atoms with Crippen LogP contribution in [0.3, 0.4) is 0 Å². The lowest BCUT2D eigenvalue weighted by atomic mass is 9.94. The standard InChI is InChI=1S/C22H24N2O3/c1-14-8-10-19-18(12-14)17(13-23-19)9-11-20(25)24-21(15(2)22(26)27)16-6-4-3-5-7-16/h3-8,10,12-13,15,21,23H,9,11H2,1-2H3,(H,24,25)(H,26,27). The Kier molecular flexibility index (Phi) is 5.60. The first-order chi connectivity index (χ1) is 13.0. The molecule has 2 unspecified atom stereocenters. The second-order valence-corrected chi connectivity index (χ2v) is 6.95. The zero-order chi connectivity index (χ0) is 19.4. The number of fused-ring (bicyclic) bond motifs is 1. The van der Waals surface area contributed by atoms with Gasteiger partial charge in [0, 0.05) is 23.5 Å². The van der Waals surface area contributed by atoms with Crippen molar-refractivity contribution in [3.63, 3.8) is 0 Å². The number of rotatable bonds is 7. The molecule has 0 bridgehead atoms. The summed E-state index contributed by atoms with van der Waals surface area (Å²) in [6, 6.07) is 14.9. The minimum absolute atomic E-state index is 0.154. The van der Waals surface area contributed by atoms with Crippen LogP contribution < -0.4 is 5.32 Å². The van der Waals surface area contributed by atoms with E-state index < -0.39 is 17.9 Å². The zero-order valence-corrected chi connectivity index (χ0v) is 15.5. The van der Waals surface area contributed by atoms with Gasteiger partial charge in [-0.05, 0) is 43.5 Å². The van der Waals surface area contributed by atoms with E-state index in [0.717, 1.165) is 22.0 Å². The first kappa shape index (κ1) is 18.7. The summed E-state index contributed by atoms with van der Waals surface area (Å²) in [7, 11) is 0. The predicted octanol–water partition coefficient (Wildman–Crippen LogP) is 3.99. The number of benzene rings is 2. The van der Waals surface area contributed by atoms with Crippen LogP contribution in [0.5, 0.6) is 0 Å². The predicted molar refractivity (Wildman–Crippen MR) is 105 cm³/mol. The van der Waals surface area contributed by atoms with E-state index in [2.05, 4.69) is 16.4 Å². The summed E-state index contributed by atoms with van der Waals surface area (Å²) < 4.78 is 0. The van der Waals surface area contributed by atoms with Crippen LogP contribution in [0, 0.1) is 12.8 Å². The summed E-state index contributed by atoms with van der Waals surface area (Å²) >= 11 is 0. The van der Waals surface area contributed by atoms with Gasteiger partial charge in [0.2, 0.25) is 5.91 Å². The molecule has 3 rings (SSSR count). The Balaban J connectivity index is 1.70. The molecule has 5 nitrogen and oxygen atoms in total. The van der Waals surface area contributed by atoms with Crippen molar-refractivity contribution in [2.45, 2.75) is 32.7 Å². The highest BCUT2D eigenvalue weighted by Crippen LogP contribution is 2.24. The molecular formula is C22H24N2O3. The number of aryl methyl sites for hydroxylation is 2. The number of carbonyl (C=O) groups is 2. The number of nitrogens with one attached hydrogen (secondary N) is 2. The molecule has 0 aliphatic rings. The highest BCUT2D eigenvalue weighted by molar-refractivity contribution is 5.85. The van der Waals surface area contributed by atoms with Crippen molar-refractivity contribution >= 4 is 22.8 Å². The minimum Gasteiger partial charge on any atom is -0.481 e. The third kappa shape index (κ3) is 4.37. The van der Waals surface area contributed by atoms with Crippen LogP contribution >= 0.6 is 0 Å². The number of carbonyl (C=O) groups excluding carboxylic acids is 1. The summed E-state index contributed by atoms with van der Waals surface area (Å²) in [6.45, 7) is 3.66. The number of carboxylic acids is 1. The molecule has 1 amide bonds. The number of carboxylic acid groups (broad SMARTS) is 1. The van der Waals surface area contributed by atoms with Gasteiger partial charge in [0.15, 0.2) is 0 Å². The maximum Gasteiger partial charge on any atom is 0.308 e. The Bertz CT molecular complexity index is 947. The number of hydrogen-bond donors (Lipinski definition) is 3. The first-order valence-corrected chi connectivity index (χ1v) is 9.09. The Labute approximate surface area is 158 Å². The van der Waals surface area contributed by atoms with Gasteiger partial charge in [-0.2, -0.15) is 0 Å². The number of amides is 1. The van der Waals surface area contributed by atoms with Gasteiger partial charge in [-0.1, -0.05) is 42.0 Å². The van der Waals surface area contributed by atoms with E-state index in [1.165, 1.54) is 5.56 Å². The van der Waals surface area contributed by atoms with Crippen molar-refractivity contribution in [1.82, 2.24) is 10.3 Å². The second-order valence-electron chi connectivity index (χ2n) is 6.95. The van der Waals surface area contributed by atoms with Crippen LogP contribution in [-0.4, -0.2) is 22.0 Å². The lowest BCUT2D eigenvalue weighted by Gasteiger charge is -2.23. The molecule has 0 aliphatic carbocycles.